The van der Waals surface area contributed by atoms with Crippen molar-refractivity contribution in [2.75, 3.05) is 0 Å². The lowest BCUT2D eigenvalue weighted by Gasteiger charge is -2.08. The van der Waals surface area contributed by atoms with Crippen LogP contribution in [0.4, 0.5) is 13.2 Å². The lowest BCUT2D eigenvalue weighted by molar-refractivity contribution is -0.137. The molecule has 0 heterocycles. The van der Waals surface area contributed by atoms with Gasteiger partial charge in [0, 0.05) is 10.7 Å². The molecule has 0 aromatic heterocycles. The van der Waals surface area contributed by atoms with Gasteiger partial charge in [-0.05, 0) is 63.6 Å². The summed E-state index contributed by atoms with van der Waals surface area (Å²) in [5, 5.41) is 0.160. The van der Waals surface area contributed by atoms with Crippen molar-refractivity contribution >= 4 is 44.8 Å². The summed E-state index contributed by atoms with van der Waals surface area (Å²) < 4.78 is 62.4. The first-order valence-corrected chi connectivity index (χ1v) is 11.3. The fraction of sp³-hybridized carbons (Fsp3) is 0.238. The number of alkyl halides is 3. The highest BCUT2D eigenvalue weighted by Crippen LogP contribution is 2.31. The van der Waals surface area contributed by atoms with E-state index in [9.17, 15) is 26.4 Å². The maximum Gasteiger partial charge on any atom is 0.416 e. The molecule has 0 aliphatic heterocycles. The second-order valence-electron chi connectivity index (χ2n) is 6.61. The zero-order valence-electron chi connectivity index (χ0n) is 17.6. The Balaban J connectivity index is 0.000000363. The predicted molar refractivity (Wildman–Crippen MR) is 121 cm³/mol. The van der Waals surface area contributed by atoms with Gasteiger partial charge in [-0.25, -0.2) is 13.1 Å². The van der Waals surface area contributed by atoms with Gasteiger partial charge in [0.2, 0.25) is 0 Å². The largest absolute Gasteiger partial charge is 0.416 e. The molecule has 2 aromatic rings. The van der Waals surface area contributed by atoms with E-state index in [1.807, 2.05) is 4.72 Å². The third-order valence-electron chi connectivity index (χ3n) is 3.57. The van der Waals surface area contributed by atoms with E-state index in [1.165, 1.54) is 30.3 Å². The van der Waals surface area contributed by atoms with E-state index in [2.05, 4.69) is 4.99 Å². The van der Waals surface area contributed by atoms with Crippen LogP contribution in [0.2, 0.25) is 10.0 Å². The number of aliphatic imine (C=N–C) groups is 1. The van der Waals surface area contributed by atoms with Crippen LogP contribution in [0, 0.1) is 6.92 Å². The number of carbonyl (C=O) groups excluding carboxylic acids is 1. The summed E-state index contributed by atoms with van der Waals surface area (Å²) in [7, 11) is -4.02. The molecule has 0 bridgehead atoms. The van der Waals surface area contributed by atoms with Crippen molar-refractivity contribution in [1.82, 2.24) is 4.72 Å². The van der Waals surface area contributed by atoms with E-state index in [1.54, 1.807) is 33.8 Å². The van der Waals surface area contributed by atoms with Crippen LogP contribution in [0.25, 0.3) is 0 Å². The van der Waals surface area contributed by atoms with Crippen LogP contribution in [0.15, 0.2) is 64.1 Å². The molecule has 11 heteroatoms. The van der Waals surface area contributed by atoms with E-state index in [0.29, 0.717) is 11.3 Å². The minimum Gasteiger partial charge on any atom is -0.266 e. The molecule has 0 saturated heterocycles. The number of hydrogen-bond acceptors (Lipinski definition) is 4. The van der Waals surface area contributed by atoms with Crippen molar-refractivity contribution in [1.29, 1.82) is 0 Å². The smallest absolute Gasteiger partial charge is 0.266 e. The average molecular weight is 509 g/mol. The fourth-order valence-corrected chi connectivity index (χ4v) is 4.05. The Morgan fingerprint density at radius 2 is 1.69 bits per heavy atom. The zero-order valence-corrected chi connectivity index (χ0v) is 19.9. The molecule has 0 aliphatic carbocycles. The highest BCUT2D eigenvalue weighted by Gasteiger charge is 2.30. The molecule has 1 N–H and O–H groups in total. The van der Waals surface area contributed by atoms with Crippen LogP contribution in [0.5, 0.6) is 0 Å². The van der Waals surface area contributed by atoms with Crippen molar-refractivity contribution in [2.45, 2.75) is 38.8 Å². The Hall–Kier alpha value is -2.36. The van der Waals surface area contributed by atoms with Crippen LogP contribution in [0.3, 0.4) is 0 Å². The van der Waals surface area contributed by atoms with Gasteiger partial charge in [-0.15, -0.1) is 0 Å². The number of amides is 1. The van der Waals surface area contributed by atoms with E-state index in [0.717, 1.165) is 12.1 Å². The van der Waals surface area contributed by atoms with Gasteiger partial charge in [0.05, 0.1) is 10.6 Å². The van der Waals surface area contributed by atoms with Gasteiger partial charge in [-0.3, -0.25) is 9.79 Å². The molecular formula is C21H21Cl2F3N2O3S. The van der Waals surface area contributed by atoms with Gasteiger partial charge in [0.25, 0.3) is 15.9 Å². The Bertz CT molecular complexity index is 1120. The minimum atomic E-state index is -4.31. The first-order valence-electron chi connectivity index (χ1n) is 9.01. The first-order chi connectivity index (χ1) is 14.7. The second kappa shape index (κ2) is 11.5. The maximum absolute atomic E-state index is 12.1. The summed E-state index contributed by atoms with van der Waals surface area (Å²) in [4.78, 5) is 15.7. The maximum atomic E-state index is 12.1. The van der Waals surface area contributed by atoms with E-state index >= 15 is 0 Å². The number of allylic oxidation sites excluding steroid dienone is 1. The minimum absolute atomic E-state index is 0.0284. The third kappa shape index (κ3) is 8.64. The molecule has 0 spiro atoms. The summed E-state index contributed by atoms with van der Waals surface area (Å²) in [5.41, 5.74) is 0.478. The number of rotatable bonds is 4. The number of halogens is 5. The summed E-state index contributed by atoms with van der Waals surface area (Å²) in [5.74, 6) is -0.798. The molecule has 0 atom stereocenters. The van der Waals surface area contributed by atoms with Crippen molar-refractivity contribution in [3.63, 3.8) is 0 Å². The van der Waals surface area contributed by atoms with E-state index in [4.69, 9.17) is 23.2 Å². The van der Waals surface area contributed by atoms with Gasteiger partial charge in [-0.2, -0.15) is 13.2 Å². The molecule has 32 heavy (non-hydrogen) atoms. The Labute approximate surface area is 195 Å². The molecule has 5 nitrogen and oxygen atoms in total. The van der Waals surface area contributed by atoms with Crippen molar-refractivity contribution in [2.24, 2.45) is 4.99 Å². The van der Waals surface area contributed by atoms with E-state index < -0.39 is 27.7 Å². The molecule has 0 aliphatic rings. The number of sulfonamides is 1. The molecular weight excluding hydrogens is 488 g/mol. The van der Waals surface area contributed by atoms with Crippen LogP contribution < -0.4 is 4.72 Å². The molecule has 0 radical (unpaired) electrons. The van der Waals surface area contributed by atoms with Crippen LogP contribution in [0.1, 0.15) is 31.9 Å². The quantitative estimate of drug-likeness (QED) is 0.394. The van der Waals surface area contributed by atoms with Crippen LogP contribution >= 0.6 is 23.2 Å². The number of carbonyl (C=O) groups is 1. The van der Waals surface area contributed by atoms with Gasteiger partial charge in [-0.1, -0.05) is 41.4 Å². The number of nitrogens with zero attached hydrogens (tertiary/aromatic N) is 1. The lowest BCUT2D eigenvalue weighted by Crippen LogP contribution is -2.31. The van der Waals surface area contributed by atoms with Crippen molar-refractivity contribution in [3.8, 4) is 0 Å². The predicted octanol–water partition coefficient (Wildman–Crippen LogP) is 6.20. The molecule has 174 valence electrons. The summed E-state index contributed by atoms with van der Waals surface area (Å²) in [6.45, 7) is 6.59. The topological polar surface area (TPSA) is 75.6 Å². The normalized spacial score (nSPS) is 11.8. The van der Waals surface area contributed by atoms with Crippen molar-refractivity contribution < 1.29 is 26.4 Å². The molecule has 1 amide bonds. The molecule has 2 rings (SSSR count). The first kappa shape index (κ1) is 27.7. The Morgan fingerprint density at radius 1 is 1.09 bits per heavy atom. The highest BCUT2D eigenvalue weighted by atomic mass is 35.5. The number of hydrogen-bond donors (Lipinski definition) is 1. The van der Waals surface area contributed by atoms with Gasteiger partial charge in [0.1, 0.15) is 10.6 Å². The monoisotopic (exact) mass is 508 g/mol. The number of nitrogens with one attached hydrogen (secondary N) is 1. The third-order valence-corrected chi connectivity index (χ3v) is 5.62. The number of aryl methyl sites for hydroxylation is 1. The average Bonchev–Trinajstić information content (AvgIpc) is 2.64. The molecule has 0 saturated carbocycles. The van der Waals surface area contributed by atoms with Crippen LogP contribution in [-0.2, 0) is 21.0 Å². The Kier molecular flexibility index (Phi) is 9.94. The molecule has 0 fully saturated rings. The van der Waals surface area contributed by atoms with Gasteiger partial charge < -0.3 is 0 Å². The Morgan fingerprint density at radius 3 is 2.16 bits per heavy atom. The van der Waals surface area contributed by atoms with E-state index in [-0.39, 0.29) is 20.6 Å². The summed E-state index contributed by atoms with van der Waals surface area (Å²) in [6, 6.07) is 9.34. The second-order valence-corrected chi connectivity index (χ2v) is 9.11. The lowest BCUT2D eigenvalue weighted by atomic mass is 10.1. The van der Waals surface area contributed by atoms with Gasteiger partial charge >= 0.3 is 6.18 Å². The zero-order chi connectivity index (χ0) is 24.7. The number of benzene rings is 2. The molecule has 0 unspecified atom stereocenters. The molecule has 2 aromatic carbocycles. The summed E-state index contributed by atoms with van der Waals surface area (Å²) >= 11 is 11.3. The summed E-state index contributed by atoms with van der Waals surface area (Å²) in [6.07, 6.45) is -2.87. The SMILES string of the molecule is C/C=C(\N=C(C)C)C(=O)NS(=O)(=O)c1ccccc1Cl.Cc1cc(Cl)cc(C(F)(F)F)c1. The van der Waals surface area contributed by atoms with Crippen LogP contribution in [-0.4, -0.2) is 20.0 Å². The standard InChI is InChI=1S/C13H15ClN2O3S.C8H6ClF3/c1-4-11(15-9(2)3)13(17)16-20(18,19)12-8-6-5-7-10(12)14;1-5-2-6(8(10,11)12)4-7(9)3-5/h4-8H,1-3H3,(H,16,17);2-4H,1H3/b11-4-;. The van der Waals surface area contributed by atoms with Crippen molar-refractivity contribution in [3.05, 3.63) is 75.4 Å². The van der Waals surface area contributed by atoms with Gasteiger partial charge in [0.15, 0.2) is 0 Å². The fourth-order valence-electron chi connectivity index (χ4n) is 2.28. The highest BCUT2D eigenvalue weighted by molar-refractivity contribution is 7.90.